The molecular weight excluding hydrogens is 464 g/mol. The molecule has 4 rings (SSSR count). The van der Waals surface area contributed by atoms with Crippen molar-refractivity contribution in [1.82, 2.24) is 30.0 Å². The van der Waals surface area contributed by atoms with Gasteiger partial charge in [-0.05, 0) is 28.6 Å². The molecule has 11 nitrogen and oxygen atoms in total. The molecule has 34 heavy (non-hydrogen) atoms. The third-order valence-electron chi connectivity index (χ3n) is 5.55. The molecule has 1 aromatic heterocycles. The van der Waals surface area contributed by atoms with Crippen molar-refractivity contribution in [2.75, 3.05) is 47.5 Å². The van der Waals surface area contributed by atoms with Crippen LogP contribution >= 0.6 is 11.6 Å². The molecule has 2 amide bonds. The number of aromatic nitrogens is 4. The van der Waals surface area contributed by atoms with E-state index in [9.17, 15) is 9.59 Å². The standard InChI is InChI=1S/C22H23ClN6O5/c1-32-15-8-14(9-16(10-15)33-2)21(30)27-4-6-28(7-5-27)22(31)17-11-18(23)19(12-20(17)34-3)29-13-24-25-26-29/h8-13H,4-7H2,1-3H3. The quantitative estimate of drug-likeness (QED) is 0.519. The van der Waals surface area contributed by atoms with Crippen LogP contribution in [0.3, 0.4) is 0 Å². The number of hydrogen-bond donors (Lipinski definition) is 0. The van der Waals surface area contributed by atoms with Crippen LogP contribution in [0, 0.1) is 0 Å². The van der Waals surface area contributed by atoms with Gasteiger partial charge < -0.3 is 24.0 Å². The lowest BCUT2D eigenvalue weighted by molar-refractivity contribution is 0.0533. The molecule has 0 aliphatic carbocycles. The number of benzene rings is 2. The lowest BCUT2D eigenvalue weighted by Crippen LogP contribution is -2.50. The van der Waals surface area contributed by atoms with Gasteiger partial charge in [-0.1, -0.05) is 11.6 Å². The summed E-state index contributed by atoms with van der Waals surface area (Å²) in [7, 11) is 4.54. The van der Waals surface area contributed by atoms with Crippen molar-refractivity contribution >= 4 is 23.4 Å². The highest BCUT2D eigenvalue weighted by Crippen LogP contribution is 2.30. The Hall–Kier alpha value is -3.86. The molecule has 0 N–H and O–H groups in total. The summed E-state index contributed by atoms with van der Waals surface area (Å²) in [6.45, 7) is 1.48. The van der Waals surface area contributed by atoms with E-state index in [4.69, 9.17) is 25.8 Å². The van der Waals surface area contributed by atoms with E-state index in [0.29, 0.717) is 65.3 Å². The Morgan fingerprint density at radius 2 is 1.47 bits per heavy atom. The number of tetrazole rings is 1. The molecule has 2 heterocycles. The maximum absolute atomic E-state index is 13.2. The highest BCUT2D eigenvalue weighted by atomic mass is 35.5. The zero-order chi connectivity index (χ0) is 24.2. The van der Waals surface area contributed by atoms with Crippen molar-refractivity contribution in [3.8, 4) is 22.9 Å². The van der Waals surface area contributed by atoms with Crippen molar-refractivity contribution < 1.29 is 23.8 Å². The minimum atomic E-state index is -0.239. The maximum atomic E-state index is 13.2. The number of carbonyl (C=O) groups excluding carboxylic acids is 2. The Bertz CT molecular complexity index is 1170. The van der Waals surface area contributed by atoms with Crippen molar-refractivity contribution in [2.45, 2.75) is 0 Å². The van der Waals surface area contributed by atoms with Crippen LogP contribution in [0.4, 0.5) is 0 Å². The van der Waals surface area contributed by atoms with E-state index < -0.39 is 0 Å². The van der Waals surface area contributed by atoms with E-state index in [0.717, 1.165) is 0 Å². The predicted octanol–water partition coefficient (Wildman–Crippen LogP) is 1.94. The number of hydrogen-bond acceptors (Lipinski definition) is 8. The first kappa shape index (κ1) is 23.3. The molecule has 0 radical (unpaired) electrons. The van der Waals surface area contributed by atoms with Gasteiger partial charge in [-0.2, -0.15) is 4.68 Å². The molecule has 0 saturated carbocycles. The largest absolute Gasteiger partial charge is 0.497 e. The Morgan fingerprint density at radius 1 is 0.853 bits per heavy atom. The van der Waals surface area contributed by atoms with E-state index in [1.54, 1.807) is 40.1 Å². The molecule has 1 saturated heterocycles. The van der Waals surface area contributed by atoms with E-state index in [1.807, 2.05) is 0 Å². The molecule has 0 unspecified atom stereocenters. The van der Waals surface area contributed by atoms with Gasteiger partial charge in [0.05, 0.1) is 37.6 Å². The number of rotatable bonds is 6. The van der Waals surface area contributed by atoms with E-state index >= 15 is 0 Å². The summed E-state index contributed by atoms with van der Waals surface area (Å²) in [4.78, 5) is 29.6. The third kappa shape index (κ3) is 4.60. The van der Waals surface area contributed by atoms with Crippen LogP contribution in [0.15, 0.2) is 36.7 Å². The molecule has 0 spiro atoms. The van der Waals surface area contributed by atoms with Crippen molar-refractivity contribution in [2.24, 2.45) is 0 Å². The number of methoxy groups -OCH3 is 3. The highest BCUT2D eigenvalue weighted by molar-refractivity contribution is 6.33. The van der Waals surface area contributed by atoms with Gasteiger partial charge in [0.1, 0.15) is 23.6 Å². The van der Waals surface area contributed by atoms with Crippen molar-refractivity contribution in [3.05, 3.63) is 52.8 Å². The predicted molar refractivity (Wildman–Crippen MR) is 122 cm³/mol. The van der Waals surface area contributed by atoms with Gasteiger partial charge in [0.25, 0.3) is 11.8 Å². The average molecular weight is 487 g/mol. The lowest BCUT2D eigenvalue weighted by atomic mass is 10.1. The van der Waals surface area contributed by atoms with Gasteiger partial charge in [-0.15, -0.1) is 5.10 Å². The first-order valence-corrected chi connectivity index (χ1v) is 10.8. The van der Waals surface area contributed by atoms with E-state index in [2.05, 4.69) is 15.5 Å². The first-order chi connectivity index (χ1) is 16.4. The second-order valence-electron chi connectivity index (χ2n) is 7.44. The molecule has 2 aromatic carbocycles. The first-order valence-electron chi connectivity index (χ1n) is 10.4. The monoisotopic (exact) mass is 486 g/mol. The second kappa shape index (κ2) is 9.96. The maximum Gasteiger partial charge on any atom is 0.257 e. The summed E-state index contributed by atoms with van der Waals surface area (Å²) in [5.41, 5.74) is 1.27. The van der Waals surface area contributed by atoms with E-state index in [-0.39, 0.29) is 11.8 Å². The zero-order valence-electron chi connectivity index (χ0n) is 18.9. The minimum absolute atomic E-state index is 0.157. The van der Waals surface area contributed by atoms with E-state index in [1.165, 1.54) is 32.3 Å². The van der Waals surface area contributed by atoms with Crippen LogP contribution < -0.4 is 14.2 Å². The Balaban J connectivity index is 1.48. The Labute approximate surface area is 200 Å². The number of halogens is 1. The fourth-order valence-corrected chi connectivity index (χ4v) is 3.97. The molecule has 12 heteroatoms. The Kier molecular flexibility index (Phi) is 6.82. The van der Waals surface area contributed by atoms with Gasteiger partial charge in [0.2, 0.25) is 0 Å². The zero-order valence-corrected chi connectivity index (χ0v) is 19.7. The van der Waals surface area contributed by atoms with Gasteiger partial charge >= 0.3 is 0 Å². The van der Waals surface area contributed by atoms with Gasteiger partial charge in [-0.25, -0.2) is 0 Å². The number of piperazine rings is 1. The summed E-state index contributed by atoms with van der Waals surface area (Å²) >= 11 is 6.40. The molecule has 1 fully saturated rings. The molecule has 1 aliphatic heterocycles. The number of amides is 2. The summed E-state index contributed by atoms with van der Waals surface area (Å²) in [6, 6.07) is 8.20. The second-order valence-corrected chi connectivity index (χ2v) is 7.85. The third-order valence-corrected chi connectivity index (χ3v) is 5.85. The lowest BCUT2D eigenvalue weighted by Gasteiger charge is -2.35. The van der Waals surface area contributed by atoms with Crippen LogP contribution in [-0.2, 0) is 0 Å². The summed E-state index contributed by atoms with van der Waals surface area (Å²) < 4.78 is 17.3. The number of ether oxygens (including phenoxy) is 3. The van der Waals surface area contributed by atoms with Gasteiger partial charge in [0, 0.05) is 43.9 Å². The highest BCUT2D eigenvalue weighted by Gasteiger charge is 2.28. The summed E-state index contributed by atoms with van der Waals surface area (Å²) in [5, 5.41) is 11.3. The fraction of sp³-hybridized carbons (Fsp3) is 0.318. The molecule has 0 bridgehead atoms. The molecular formula is C22H23ClN6O5. The smallest absolute Gasteiger partial charge is 0.257 e. The van der Waals surface area contributed by atoms with Gasteiger partial charge in [-0.3, -0.25) is 9.59 Å². The molecule has 0 atom stereocenters. The number of nitrogens with zero attached hydrogens (tertiary/aromatic N) is 6. The van der Waals surface area contributed by atoms with Crippen LogP contribution in [0.1, 0.15) is 20.7 Å². The van der Waals surface area contributed by atoms with Crippen molar-refractivity contribution in [3.63, 3.8) is 0 Å². The fourth-order valence-electron chi connectivity index (χ4n) is 3.72. The van der Waals surface area contributed by atoms with Crippen LogP contribution in [0.25, 0.3) is 5.69 Å². The molecule has 178 valence electrons. The van der Waals surface area contributed by atoms with Crippen LogP contribution in [0.5, 0.6) is 17.2 Å². The molecule has 3 aromatic rings. The minimum Gasteiger partial charge on any atom is -0.497 e. The van der Waals surface area contributed by atoms with Gasteiger partial charge in [0.15, 0.2) is 0 Å². The normalized spacial score (nSPS) is 13.5. The Morgan fingerprint density at radius 3 is 2.00 bits per heavy atom. The average Bonchev–Trinajstić information content (AvgIpc) is 3.42. The number of carbonyl (C=O) groups is 2. The molecule has 1 aliphatic rings. The van der Waals surface area contributed by atoms with Crippen molar-refractivity contribution in [1.29, 1.82) is 0 Å². The van der Waals surface area contributed by atoms with Crippen LogP contribution in [-0.4, -0.2) is 89.3 Å². The topological polar surface area (TPSA) is 112 Å². The SMILES string of the molecule is COc1cc(OC)cc(C(=O)N2CCN(C(=O)c3cc(Cl)c(-n4cnnn4)cc3OC)CC2)c1. The van der Waals surface area contributed by atoms with Crippen LogP contribution in [0.2, 0.25) is 5.02 Å². The summed E-state index contributed by atoms with van der Waals surface area (Å²) in [6.07, 6.45) is 1.40. The summed E-state index contributed by atoms with van der Waals surface area (Å²) in [5.74, 6) is 1.02.